The van der Waals surface area contributed by atoms with Crippen LogP contribution in [0, 0.1) is 6.92 Å². The molecule has 2 rings (SSSR count). The number of halogens is 1. The number of furan rings is 1. The minimum atomic E-state index is -1.05. The van der Waals surface area contributed by atoms with Crippen LogP contribution in [0.3, 0.4) is 0 Å². The van der Waals surface area contributed by atoms with Crippen molar-refractivity contribution in [2.75, 3.05) is 0 Å². The Balaban J connectivity index is 2.82. The van der Waals surface area contributed by atoms with E-state index < -0.39 is 5.97 Å². The fourth-order valence-corrected chi connectivity index (χ4v) is 1.76. The van der Waals surface area contributed by atoms with Gasteiger partial charge in [-0.25, -0.2) is 4.79 Å². The third kappa shape index (κ3) is 1.32. The topological polar surface area (TPSA) is 50.4 Å². The quantitative estimate of drug-likeness (QED) is 0.851. The number of aryl methyl sites for hydroxylation is 1. The number of carboxylic acid groups (broad SMARTS) is 1. The van der Waals surface area contributed by atoms with Gasteiger partial charge in [0.1, 0.15) is 5.58 Å². The number of rotatable bonds is 1. The van der Waals surface area contributed by atoms with E-state index >= 15 is 0 Å². The van der Waals surface area contributed by atoms with Crippen LogP contribution in [0.1, 0.15) is 16.1 Å². The van der Waals surface area contributed by atoms with Crippen molar-refractivity contribution in [3.05, 3.63) is 34.0 Å². The summed E-state index contributed by atoms with van der Waals surface area (Å²) in [5.74, 6) is -1.08. The summed E-state index contributed by atoms with van der Waals surface area (Å²) in [5.41, 5.74) is 1.59. The van der Waals surface area contributed by atoms with E-state index in [1.54, 1.807) is 0 Å². The smallest absolute Gasteiger partial charge is 0.371 e. The van der Waals surface area contributed by atoms with Crippen LogP contribution in [0.2, 0.25) is 0 Å². The molecule has 0 bridgehead atoms. The number of carboxylic acids is 1. The van der Waals surface area contributed by atoms with Crippen molar-refractivity contribution < 1.29 is 14.3 Å². The summed E-state index contributed by atoms with van der Waals surface area (Å²) in [4.78, 5) is 10.7. The molecule has 0 saturated carbocycles. The first-order chi connectivity index (χ1) is 6.59. The van der Waals surface area contributed by atoms with Crippen LogP contribution in [0.5, 0.6) is 0 Å². The standard InChI is InChI=1S/C10H7BrO3/c1-5-2-3-7(11)9-6(5)4-8(14-9)10(12)13/h2-4H,1H3,(H,12,13). The van der Waals surface area contributed by atoms with Gasteiger partial charge in [-0.05, 0) is 40.5 Å². The molecule has 0 fully saturated rings. The zero-order valence-corrected chi connectivity index (χ0v) is 8.96. The van der Waals surface area contributed by atoms with Gasteiger partial charge in [-0.3, -0.25) is 0 Å². The lowest BCUT2D eigenvalue weighted by Crippen LogP contribution is -1.91. The number of aromatic carboxylic acids is 1. The van der Waals surface area contributed by atoms with Gasteiger partial charge in [0.25, 0.3) is 0 Å². The Morgan fingerprint density at radius 3 is 2.79 bits per heavy atom. The molecule has 3 nitrogen and oxygen atoms in total. The summed E-state index contributed by atoms with van der Waals surface area (Å²) >= 11 is 3.31. The summed E-state index contributed by atoms with van der Waals surface area (Å²) in [6, 6.07) is 5.29. The summed E-state index contributed by atoms with van der Waals surface area (Å²) in [6.07, 6.45) is 0. The molecule has 0 aliphatic heterocycles. The van der Waals surface area contributed by atoms with E-state index in [4.69, 9.17) is 9.52 Å². The third-order valence-electron chi connectivity index (χ3n) is 2.06. The van der Waals surface area contributed by atoms with Gasteiger partial charge in [0.2, 0.25) is 5.76 Å². The van der Waals surface area contributed by atoms with E-state index in [1.807, 2.05) is 19.1 Å². The second kappa shape index (κ2) is 3.13. The molecule has 0 spiro atoms. The highest BCUT2D eigenvalue weighted by Gasteiger charge is 2.13. The predicted octanol–water partition coefficient (Wildman–Crippen LogP) is 3.20. The van der Waals surface area contributed by atoms with Crippen LogP contribution < -0.4 is 0 Å². The maximum Gasteiger partial charge on any atom is 0.371 e. The highest BCUT2D eigenvalue weighted by atomic mass is 79.9. The maximum absolute atomic E-state index is 10.7. The zero-order valence-electron chi connectivity index (χ0n) is 7.37. The molecular formula is C10H7BrO3. The van der Waals surface area contributed by atoms with E-state index in [0.29, 0.717) is 5.58 Å². The molecule has 0 radical (unpaired) electrons. The molecule has 1 heterocycles. The average molecular weight is 255 g/mol. The number of fused-ring (bicyclic) bond motifs is 1. The van der Waals surface area contributed by atoms with E-state index in [2.05, 4.69) is 15.9 Å². The van der Waals surface area contributed by atoms with Crippen molar-refractivity contribution in [1.29, 1.82) is 0 Å². The summed E-state index contributed by atoms with van der Waals surface area (Å²) in [5, 5.41) is 9.59. The van der Waals surface area contributed by atoms with Gasteiger partial charge in [-0.15, -0.1) is 0 Å². The molecule has 2 aromatic rings. The normalized spacial score (nSPS) is 10.7. The van der Waals surface area contributed by atoms with Gasteiger partial charge in [-0.2, -0.15) is 0 Å². The molecule has 72 valence electrons. The highest BCUT2D eigenvalue weighted by Crippen LogP contribution is 2.29. The second-order valence-corrected chi connectivity index (χ2v) is 3.88. The molecule has 1 aromatic carbocycles. The lowest BCUT2D eigenvalue weighted by atomic mass is 10.1. The van der Waals surface area contributed by atoms with Crippen LogP contribution >= 0.6 is 15.9 Å². The van der Waals surface area contributed by atoms with Gasteiger partial charge in [0.05, 0.1) is 4.47 Å². The molecule has 4 heteroatoms. The van der Waals surface area contributed by atoms with Gasteiger partial charge >= 0.3 is 5.97 Å². The lowest BCUT2D eigenvalue weighted by Gasteiger charge is -1.95. The van der Waals surface area contributed by atoms with Crippen molar-refractivity contribution >= 4 is 32.9 Å². The van der Waals surface area contributed by atoms with Crippen LogP contribution in [0.25, 0.3) is 11.0 Å². The lowest BCUT2D eigenvalue weighted by molar-refractivity contribution is 0.0665. The van der Waals surface area contributed by atoms with E-state index in [-0.39, 0.29) is 5.76 Å². The van der Waals surface area contributed by atoms with Gasteiger partial charge in [0.15, 0.2) is 0 Å². The van der Waals surface area contributed by atoms with Crippen molar-refractivity contribution in [2.24, 2.45) is 0 Å². The van der Waals surface area contributed by atoms with Crippen molar-refractivity contribution in [2.45, 2.75) is 6.92 Å². The molecule has 0 atom stereocenters. The molecule has 0 aliphatic rings. The van der Waals surface area contributed by atoms with Crippen LogP contribution in [0.4, 0.5) is 0 Å². The van der Waals surface area contributed by atoms with Crippen LogP contribution in [0.15, 0.2) is 27.1 Å². The van der Waals surface area contributed by atoms with Crippen LogP contribution in [-0.4, -0.2) is 11.1 Å². The van der Waals surface area contributed by atoms with Gasteiger partial charge in [0, 0.05) is 5.39 Å². The Hall–Kier alpha value is -1.29. The van der Waals surface area contributed by atoms with Crippen molar-refractivity contribution in [1.82, 2.24) is 0 Å². The Morgan fingerprint density at radius 1 is 1.50 bits per heavy atom. The summed E-state index contributed by atoms with van der Waals surface area (Å²) in [6.45, 7) is 1.91. The molecule has 0 aliphatic carbocycles. The van der Waals surface area contributed by atoms with Gasteiger partial charge in [-0.1, -0.05) is 6.07 Å². The van der Waals surface area contributed by atoms with E-state index in [9.17, 15) is 4.79 Å². The Kier molecular flexibility index (Phi) is 2.07. The fourth-order valence-electron chi connectivity index (χ4n) is 1.33. The highest BCUT2D eigenvalue weighted by molar-refractivity contribution is 9.10. The SMILES string of the molecule is Cc1ccc(Br)c2oc(C(=O)O)cc12. The molecular weight excluding hydrogens is 248 g/mol. The molecule has 0 unspecified atom stereocenters. The minimum absolute atomic E-state index is 0.0324. The molecule has 1 N–H and O–H groups in total. The Labute approximate surface area is 88.5 Å². The second-order valence-electron chi connectivity index (χ2n) is 3.02. The van der Waals surface area contributed by atoms with Gasteiger partial charge < -0.3 is 9.52 Å². The minimum Gasteiger partial charge on any atom is -0.475 e. The largest absolute Gasteiger partial charge is 0.475 e. The fraction of sp³-hybridized carbons (Fsp3) is 0.100. The van der Waals surface area contributed by atoms with Crippen molar-refractivity contribution in [3.63, 3.8) is 0 Å². The zero-order chi connectivity index (χ0) is 10.3. The number of hydrogen-bond acceptors (Lipinski definition) is 2. The third-order valence-corrected chi connectivity index (χ3v) is 2.69. The number of hydrogen-bond donors (Lipinski definition) is 1. The average Bonchev–Trinajstić information content (AvgIpc) is 2.57. The first-order valence-electron chi connectivity index (χ1n) is 4.01. The Bertz CT molecular complexity index is 474. The van der Waals surface area contributed by atoms with Crippen LogP contribution in [-0.2, 0) is 0 Å². The predicted molar refractivity (Wildman–Crippen MR) is 55.6 cm³/mol. The first kappa shape index (κ1) is 9.27. The first-order valence-corrected chi connectivity index (χ1v) is 4.81. The molecule has 0 amide bonds. The molecule has 1 aromatic heterocycles. The Morgan fingerprint density at radius 2 is 2.21 bits per heavy atom. The summed E-state index contributed by atoms with van der Waals surface area (Å²) in [7, 11) is 0. The molecule has 14 heavy (non-hydrogen) atoms. The monoisotopic (exact) mass is 254 g/mol. The van der Waals surface area contributed by atoms with Crippen molar-refractivity contribution in [3.8, 4) is 0 Å². The van der Waals surface area contributed by atoms with E-state index in [1.165, 1.54) is 6.07 Å². The maximum atomic E-state index is 10.7. The summed E-state index contributed by atoms with van der Waals surface area (Å²) < 4.78 is 5.96. The number of carbonyl (C=O) groups is 1. The molecule has 0 saturated heterocycles. The van der Waals surface area contributed by atoms with E-state index in [0.717, 1.165) is 15.4 Å². The number of benzene rings is 1.